The monoisotopic (exact) mass is 302 g/mol. The number of nitrogens with zero attached hydrogens (tertiary/aromatic N) is 2. The SMILES string of the molecule is c1cc2cnc3ccc4ccc5ncc6ccc1c1c2c3c4c5c61. The highest BCUT2D eigenvalue weighted by Gasteiger charge is 2.20. The average Bonchev–Trinajstić information content (AvgIpc) is 2.65. The van der Waals surface area contributed by atoms with Crippen molar-refractivity contribution in [1.82, 2.24) is 9.97 Å². The molecule has 5 aromatic carbocycles. The van der Waals surface area contributed by atoms with E-state index in [9.17, 15) is 0 Å². The summed E-state index contributed by atoms with van der Waals surface area (Å²) < 4.78 is 0. The normalized spacial score (nSPS) is 13.0. The van der Waals surface area contributed by atoms with E-state index in [4.69, 9.17) is 9.97 Å². The highest BCUT2D eigenvalue weighted by Crippen LogP contribution is 2.46. The topological polar surface area (TPSA) is 25.8 Å². The van der Waals surface area contributed by atoms with Gasteiger partial charge in [0, 0.05) is 50.1 Å². The second kappa shape index (κ2) is 3.46. The Morgan fingerprint density at radius 2 is 0.750 bits per heavy atom. The van der Waals surface area contributed by atoms with Crippen LogP contribution in [0.5, 0.6) is 0 Å². The van der Waals surface area contributed by atoms with E-state index in [0.29, 0.717) is 0 Å². The highest BCUT2D eigenvalue weighted by atomic mass is 14.7. The molecule has 2 nitrogen and oxygen atoms in total. The minimum atomic E-state index is 1.07. The molecule has 2 heteroatoms. The van der Waals surface area contributed by atoms with Crippen molar-refractivity contribution in [3.8, 4) is 0 Å². The summed E-state index contributed by atoms with van der Waals surface area (Å²) in [6.07, 6.45) is 4.02. The molecule has 0 atom stereocenters. The fourth-order valence-electron chi connectivity index (χ4n) is 4.60. The Morgan fingerprint density at radius 3 is 1.29 bits per heavy atom. The third-order valence-electron chi connectivity index (χ3n) is 5.58. The molecule has 0 N–H and O–H groups in total. The largest absolute Gasteiger partial charge is 0.256 e. The molecule has 7 aromatic rings. The van der Waals surface area contributed by atoms with Gasteiger partial charge in [0.1, 0.15) is 0 Å². The number of pyridine rings is 2. The van der Waals surface area contributed by atoms with Gasteiger partial charge in [-0.05, 0) is 28.3 Å². The molecule has 0 radical (unpaired) electrons. The highest BCUT2D eigenvalue weighted by molar-refractivity contribution is 6.43. The summed E-state index contributed by atoms with van der Waals surface area (Å²) in [6, 6.07) is 17.5. The van der Waals surface area contributed by atoms with Gasteiger partial charge in [0.25, 0.3) is 0 Å². The Hall–Kier alpha value is -3.26. The Balaban J connectivity index is 2.11. The summed E-state index contributed by atoms with van der Waals surface area (Å²) in [4.78, 5) is 9.44. The van der Waals surface area contributed by atoms with Crippen LogP contribution in [0.3, 0.4) is 0 Å². The first-order valence-corrected chi connectivity index (χ1v) is 8.18. The Bertz CT molecular complexity index is 1150. The molecule has 24 heavy (non-hydrogen) atoms. The Labute approximate surface area is 136 Å². The van der Waals surface area contributed by atoms with Crippen LogP contribution in [0.25, 0.3) is 64.9 Å². The zero-order chi connectivity index (χ0) is 15.4. The standard InChI is InChI=1S/C22H10N2/c1-3-13-9-23-15-7-5-12-6-8-16-22-18(12)21(15)19(13)17-11(1)2-4-14(10-24-16)20(17)22/h1-10H. The molecule has 0 bridgehead atoms. The predicted octanol–water partition coefficient (Wildman–Crippen LogP) is 5.71. The van der Waals surface area contributed by atoms with E-state index in [1.54, 1.807) is 0 Å². The van der Waals surface area contributed by atoms with Crippen molar-refractivity contribution in [2.24, 2.45) is 0 Å². The molecule has 0 saturated carbocycles. The van der Waals surface area contributed by atoms with Crippen molar-refractivity contribution >= 4 is 64.9 Å². The molecular formula is C22H10N2. The molecule has 108 valence electrons. The first-order chi connectivity index (χ1) is 11.9. The van der Waals surface area contributed by atoms with Crippen molar-refractivity contribution in [2.45, 2.75) is 0 Å². The zero-order valence-corrected chi connectivity index (χ0v) is 12.7. The smallest absolute Gasteiger partial charge is 0.0715 e. The summed E-state index contributed by atoms with van der Waals surface area (Å²) in [5, 5.41) is 12.9. The van der Waals surface area contributed by atoms with Gasteiger partial charge in [0.15, 0.2) is 0 Å². The molecule has 2 heterocycles. The molecule has 0 saturated heterocycles. The van der Waals surface area contributed by atoms with Gasteiger partial charge in [-0.1, -0.05) is 36.4 Å². The van der Waals surface area contributed by atoms with Crippen molar-refractivity contribution < 1.29 is 0 Å². The summed E-state index contributed by atoms with van der Waals surface area (Å²) in [5.74, 6) is 0. The van der Waals surface area contributed by atoms with Crippen LogP contribution in [0.2, 0.25) is 0 Å². The summed E-state index contributed by atoms with van der Waals surface area (Å²) in [5.41, 5.74) is 2.14. The van der Waals surface area contributed by atoms with Crippen LogP contribution in [0, 0.1) is 0 Å². The number of hydrogen-bond acceptors (Lipinski definition) is 2. The van der Waals surface area contributed by atoms with Crippen LogP contribution in [-0.2, 0) is 0 Å². The Morgan fingerprint density at radius 1 is 0.375 bits per heavy atom. The molecule has 0 spiro atoms. The quantitative estimate of drug-likeness (QED) is 0.265. The van der Waals surface area contributed by atoms with Gasteiger partial charge in [-0.3, -0.25) is 9.97 Å². The molecule has 7 rings (SSSR count). The maximum absolute atomic E-state index is 4.72. The number of benzene rings is 5. The van der Waals surface area contributed by atoms with Gasteiger partial charge < -0.3 is 0 Å². The third-order valence-corrected chi connectivity index (χ3v) is 5.58. The van der Waals surface area contributed by atoms with E-state index in [0.717, 1.165) is 11.0 Å². The van der Waals surface area contributed by atoms with Gasteiger partial charge in [-0.2, -0.15) is 0 Å². The van der Waals surface area contributed by atoms with Gasteiger partial charge >= 0.3 is 0 Å². The van der Waals surface area contributed by atoms with E-state index in [1.807, 2.05) is 12.4 Å². The van der Waals surface area contributed by atoms with E-state index in [-0.39, 0.29) is 0 Å². The van der Waals surface area contributed by atoms with Crippen LogP contribution < -0.4 is 0 Å². The van der Waals surface area contributed by atoms with E-state index in [2.05, 4.69) is 48.5 Å². The summed E-state index contributed by atoms with van der Waals surface area (Å²) >= 11 is 0. The maximum Gasteiger partial charge on any atom is 0.0715 e. The average molecular weight is 302 g/mol. The minimum Gasteiger partial charge on any atom is -0.256 e. The van der Waals surface area contributed by atoms with Gasteiger partial charge in [0.05, 0.1) is 11.0 Å². The van der Waals surface area contributed by atoms with Crippen molar-refractivity contribution in [2.75, 3.05) is 0 Å². The van der Waals surface area contributed by atoms with E-state index >= 15 is 0 Å². The first kappa shape index (κ1) is 11.3. The summed E-state index contributed by atoms with van der Waals surface area (Å²) in [6.45, 7) is 0. The fraction of sp³-hybridized carbons (Fsp3) is 0. The lowest BCUT2D eigenvalue weighted by atomic mass is 9.86. The van der Waals surface area contributed by atoms with E-state index in [1.165, 1.54) is 53.9 Å². The van der Waals surface area contributed by atoms with Crippen molar-refractivity contribution in [3.05, 3.63) is 60.9 Å². The second-order valence-corrected chi connectivity index (χ2v) is 6.69. The van der Waals surface area contributed by atoms with Crippen LogP contribution in [0.15, 0.2) is 60.9 Å². The van der Waals surface area contributed by atoms with Crippen molar-refractivity contribution in [3.63, 3.8) is 0 Å². The molecule has 0 unspecified atom stereocenters. The number of rotatable bonds is 0. The van der Waals surface area contributed by atoms with Crippen molar-refractivity contribution in [1.29, 1.82) is 0 Å². The van der Waals surface area contributed by atoms with Gasteiger partial charge in [0.2, 0.25) is 0 Å². The molecule has 0 aliphatic rings. The molecule has 0 aliphatic carbocycles. The van der Waals surface area contributed by atoms with Crippen LogP contribution >= 0.6 is 0 Å². The third kappa shape index (κ3) is 1.06. The first-order valence-electron chi connectivity index (χ1n) is 8.18. The zero-order valence-electron chi connectivity index (χ0n) is 12.7. The Kier molecular flexibility index (Phi) is 1.63. The number of hydrogen-bond donors (Lipinski definition) is 0. The molecular weight excluding hydrogens is 292 g/mol. The minimum absolute atomic E-state index is 1.07. The second-order valence-electron chi connectivity index (χ2n) is 6.69. The van der Waals surface area contributed by atoms with Gasteiger partial charge in [-0.15, -0.1) is 0 Å². The molecule has 2 aromatic heterocycles. The summed E-state index contributed by atoms with van der Waals surface area (Å²) in [7, 11) is 0. The molecule has 0 amide bonds. The van der Waals surface area contributed by atoms with Crippen LogP contribution in [0.1, 0.15) is 0 Å². The van der Waals surface area contributed by atoms with Gasteiger partial charge in [-0.25, -0.2) is 0 Å². The fourth-order valence-corrected chi connectivity index (χ4v) is 4.60. The maximum atomic E-state index is 4.72. The molecule has 0 aliphatic heterocycles. The lowest BCUT2D eigenvalue weighted by molar-refractivity contribution is 1.44. The van der Waals surface area contributed by atoms with E-state index < -0.39 is 0 Å². The lowest BCUT2D eigenvalue weighted by Gasteiger charge is -2.19. The van der Waals surface area contributed by atoms with Crippen LogP contribution in [0.4, 0.5) is 0 Å². The number of aromatic nitrogens is 2. The lowest BCUT2D eigenvalue weighted by Crippen LogP contribution is -1.94. The predicted molar refractivity (Wildman–Crippen MR) is 101 cm³/mol. The molecule has 0 fully saturated rings. The van der Waals surface area contributed by atoms with Crippen LogP contribution in [-0.4, -0.2) is 9.97 Å².